The number of benzene rings is 2. The van der Waals surface area contributed by atoms with Crippen LogP contribution in [0.1, 0.15) is 17.0 Å². The summed E-state index contributed by atoms with van der Waals surface area (Å²) in [6.07, 6.45) is 1.18. The molecule has 27 heavy (non-hydrogen) atoms. The molecule has 0 saturated carbocycles. The first-order chi connectivity index (χ1) is 13.0. The van der Waals surface area contributed by atoms with E-state index >= 15 is 0 Å². The van der Waals surface area contributed by atoms with Gasteiger partial charge < -0.3 is 14.6 Å². The summed E-state index contributed by atoms with van der Waals surface area (Å²) >= 11 is 1.33. The average molecular weight is 391 g/mol. The third-order valence-electron chi connectivity index (χ3n) is 3.68. The van der Waals surface area contributed by atoms with E-state index in [9.17, 15) is 18.7 Å². The standard InChI is InChI=1S/C19H15F2NO4S/c1-25-14-7-4-5-11(17(14)26-19(20)21)9-12(10-16(23)24)18-22-13-6-2-3-8-15(13)27-18/h2-9,19H,10H2,1H3,(H,23,24). The van der Waals surface area contributed by atoms with Gasteiger partial charge in [0.05, 0.1) is 23.7 Å². The van der Waals surface area contributed by atoms with E-state index in [2.05, 4.69) is 9.72 Å². The Kier molecular flexibility index (Phi) is 5.66. The summed E-state index contributed by atoms with van der Waals surface area (Å²) in [7, 11) is 1.34. The molecule has 2 aromatic carbocycles. The molecule has 1 N–H and O–H groups in total. The molecule has 8 heteroatoms. The summed E-state index contributed by atoms with van der Waals surface area (Å²) < 4.78 is 36.2. The lowest BCUT2D eigenvalue weighted by molar-refractivity contribution is -0.135. The Morgan fingerprint density at radius 3 is 2.70 bits per heavy atom. The molecule has 0 amide bonds. The van der Waals surface area contributed by atoms with Crippen LogP contribution in [0, 0.1) is 0 Å². The molecule has 0 unspecified atom stereocenters. The molecule has 0 fully saturated rings. The summed E-state index contributed by atoms with van der Waals surface area (Å²) in [4.78, 5) is 15.8. The van der Waals surface area contributed by atoms with Crippen molar-refractivity contribution >= 4 is 39.2 Å². The highest BCUT2D eigenvalue weighted by Gasteiger charge is 2.17. The highest BCUT2D eigenvalue weighted by Crippen LogP contribution is 2.37. The molecule has 0 aliphatic carbocycles. The molecule has 0 spiro atoms. The van der Waals surface area contributed by atoms with Gasteiger partial charge in [-0.1, -0.05) is 24.3 Å². The third-order valence-corrected chi connectivity index (χ3v) is 4.79. The van der Waals surface area contributed by atoms with Crippen molar-refractivity contribution < 1.29 is 28.2 Å². The van der Waals surface area contributed by atoms with Crippen LogP contribution in [0.3, 0.4) is 0 Å². The fourth-order valence-electron chi connectivity index (χ4n) is 2.57. The van der Waals surface area contributed by atoms with Gasteiger partial charge in [0.2, 0.25) is 0 Å². The molecule has 0 bridgehead atoms. The number of hydrogen-bond donors (Lipinski definition) is 1. The first-order valence-electron chi connectivity index (χ1n) is 7.88. The number of carboxylic acids is 1. The summed E-state index contributed by atoms with van der Waals surface area (Å²) in [6.45, 7) is -3.04. The van der Waals surface area contributed by atoms with Crippen molar-refractivity contribution in [1.29, 1.82) is 0 Å². The van der Waals surface area contributed by atoms with Crippen LogP contribution < -0.4 is 9.47 Å². The predicted molar refractivity (Wildman–Crippen MR) is 99.4 cm³/mol. The average Bonchev–Trinajstić information content (AvgIpc) is 3.06. The molecule has 140 valence electrons. The van der Waals surface area contributed by atoms with Crippen molar-refractivity contribution in [2.75, 3.05) is 7.11 Å². The smallest absolute Gasteiger partial charge is 0.387 e. The predicted octanol–water partition coefficient (Wildman–Crippen LogP) is 4.92. The van der Waals surface area contributed by atoms with Gasteiger partial charge in [-0.2, -0.15) is 8.78 Å². The lowest BCUT2D eigenvalue weighted by Crippen LogP contribution is -2.05. The van der Waals surface area contributed by atoms with Crippen molar-refractivity contribution in [3.63, 3.8) is 0 Å². The second kappa shape index (κ2) is 8.13. The van der Waals surface area contributed by atoms with E-state index in [-0.39, 0.29) is 23.5 Å². The Morgan fingerprint density at radius 1 is 1.26 bits per heavy atom. The van der Waals surface area contributed by atoms with Crippen LogP contribution in [0.5, 0.6) is 11.5 Å². The van der Waals surface area contributed by atoms with E-state index in [0.29, 0.717) is 10.6 Å². The van der Waals surface area contributed by atoms with Crippen molar-refractivity contribution in [2.24, 2.45) is 0 Å². The lowest BCUT2D eigenvalue weighted by Gasteiger charge is -2.13. The number of para-hydroxylation sites is 2. The molecule has 3 rings (SSSR count). The number of thiazole rings is 1. The number of fused-ring (bicyclic) bond motifs is 1. The molecule has 1 heterocycles. The Hall–Kier alpha value is -3.00. The van der Waals surface area contributed by atoms with E-state index in [1.165, 1.54) is 30.6 Å². The second-order valence-electron chi connectivity index (χ2n) is 5.48. The monoisotopic (exact) mass is 391 g/mol. The fraction of sp³-hybridized carbons (Fsp3) is 0.158. The highest BCUT2D eigenvalue weighted by atomic mass is 32.1. The van der Waals surface area contributed by atoms with Gasteiger partial charge in [0.15, 0.2) is 11.5 Å². The van der Waals surface area contributed by atoms with Crippen LogP contribution in [-0.4, -0.2) is 29.8 Å². The van der Waals surface area contributed by atoms with Gasteiger partial charge >= 0.3 is 12.6 Å². The lowest BCUT2D eigenvalue weighted by atomic mass is 10.1. The molecular weight excluding hydrogens is 376 g/mol. The number of carbonyl (C=O) groups is 1. The van der Waals surface area contributed by atoms with Crippen molar-refractivity contribution in [3.05, 3.63) is 53.0 Å². The molecule has 0 aliphatic heterocycles. The molecule has 0 aliphatic rings. The van der Waals surface area contributed by atoms with Crippen LogP contribution in [0.25, 0.3) is 21.9 Å². The minimum atomic E-state index is -3.04. The number of halogens is 2. The first-order valence-corrected chi connectivity index (χ1v) is 8.69. The summed E-state index contributed by atoms with van der Waals surface area (Å²) in [5, 5.41) is 9.78. The van der Waals surface area contributed by atoms with Crippen molar-refractivity contribution in [1.82, 2.24) is 4.98 Å². The normalized spacial score (nSPS) is 11.8. The summed E-state index contributed by atoms with van der Waals surface area (Å²) in [6, 6.07) is 12.1. The van der Waals surface area contributed by atoms with Gasteiger partial charge in [0.1, 0.15) is 5.01 Å². The Morgan fingerprint density at radius 2 is 2.04 bits per heavy atom. The molecule has 0 atom stereocenters. The van der Waals surface area contributed by atoms with Gasteiger partial charge in [0.25, 0.3) is 0 Å². The summed E-state index contributed by atoms with van der Waals surface area (Å²) in [5.41, 5.74) is 1.41. The number of carboxylic acid groups (broad SMARTS) is 1. The second-order valence-corrected chi connectivity index (χ2v) is 6.51. The van der Waals surface area contributed by atoms with Gasteiger partial charge in [-0.05, 0) is 29.8 Å². The van der Waals surface area contributed by atoms with Gasteiger partial charge in [0, 0.05) is 5.56 Å². The Bertz CT molecular complexity index is 967. The van der Waals surface area contributed by atoms with Crippen LogP contribution in [0.15, 0.2) is 42.5 Å². The number of hydrogen-bond acceptors (Lipinski definition) is 5. The van der Waals surface area contributed by atoms with E-state index in [1.807, 2.05) is 24.3 Å². The van der Waals surface area contributed by atoms with Gasteiger partial charge in [-0.15, -0.1) is 11.3 Å². The molecule has 0 radical (unpaired) electrons. The number of aliphatic carboxylic acids is 1. The zero-order valence-corrected chi connectivity index (χ0v) is 15.0. The van der Waals surface area contributed by atoms with Crippen LogP contribution in [0.4, 0.5) is 8.78 Å². The van der Waals surface area contributed by atoms with Crippen molar-refractivity contribution in [3.8, 4) is 11.5 Å². The maximum absolute atomic E-state index is 12.8. The fourth-order valence-corrected chi connectivity index (χ4v) is 3.55. The number of alkyl halides is 2. The molecule has 5 nitrogen and oxygen atoms in total. The largest absolute Gasteiger partial charge is 0.493 e. The Balaban J connectivity index is 2.12. The summed E-state index contributed by atoms with van der Waals surface area (Å²) in [5.74, 6) is -1.08. The van der Waals surface area contributed by atoms with Crippen LogP contribution in [0.2, 0.25) is 0 Å². The number of rotatable bonds is 7. The number of ether oxygens (including phenoxy) is 2. The molecule has 1 aromatic heterocycles. The highest BCUT2D eigenvalue weighted by molar-refractivity contribution is 7.19. The molecule has 3 aromatic rings. The van der Waals surface area contributed by atoms with Gasteiger partial charge in [-0.3, -0.25) is 4.79 Å². The quantitative estimate of drug-likeness (QED) is 0.619. The molecule has 0 saturated heterocycles. The minimum absolute atomic E-state index is 0.128. The third kappa shape index (κ3) is 4.40. The van der Waals surface area contributed by atoms with Crippen LogP contribution in [-0.2, 0) is 4.79 Å². The molecular formula is C19H15F2NO4S. The minimum Gasteiger partial charge on any atom is -0.493 e. The first kappa shape index (κ1) is 18.8. The Labute approximate surface area is 157 Å². The van der Waals surface area contributed by atoms with Crippen LogP contribution >= 0.6 is 11.3 Å². The number of methoxy groups -OCH3 is 1. The van der Waals surface area contributed by atoms with E-state index in [0.717, 1.165) is 10.2 Å². The van der Waals surface area contributed by atoms with Gasteiger partial charge in [-0.25, -0.2) is 4.98 Å². The zero-order valence-electron chi connectivity index (χ0n) is 14.2. The number of nitrogens with zero attached hydrogens (tertiary/aromatic N) is 1. The maximum atomic E-state index is 12.8. The number of aromatic nitrogens is 1. The van der Waals surface area contributed by atoms with E-state index < -0.39 is 12.6 Å². The van der Waals surface area contributed by atoms with E-state index in [4.69, 9.17) is 4.74 Å². The topological polar surface area (TPSA) is 68.7 Å². The maximum Gasteiger partial charge on any atom is 0.387 e. The zero-order chi connectivity index (χ0) is 19.4. The van der Waals surface area contributed by atoms with E-state index in [1.54, 1.807) is 12.1 Å². The van der Waals surface area contributed by atoms with Crippen molar-refractivity contribution in [2.45, 2.75) is 13.0 Å². The SMILES string of the molecule is COc1cccc(C=C(CC(=O)O)c2nc3ccccc3s2)c1OC(F)F.